The van der Waals surface area contributed by atoms with Crippen molar-refractivity contribution in [2.75, 3.05) is 7.11 Å². The number of methoxy groups -OCH3 is 1. The fourth-order valence-corrected chi connectivity index (χ4v) is 2.85. The number of carbonyl (C=O) groups excluding carboxylic acids is 1. The number of thiophene rings is 1. The molecule has 3 rings (SSSR count). The fourth-order valence-electron chi connectivity index (χ4n) is 2.17. The lowest BCUT2D eigenvalue weighted by atomic mass is 10.1. The summed E-state index contributed by atoms with van der Waals surface area (Å²) in [6.07, 6.45) is 3.23. The largest absolute Gasteiger partial charge is 0.497 e. The smallest absolute Gasteiger partial charge is 0.272 e. The first kappa shape index (κ1) is 15.9. The van der Waals surface area contributed by atoms with Crippen LogP contribution in [0.15, 0.2) is 47.0 Å². The molecule has 2 N–H and O–H groups in total. The van der Waals surface area contributed by atoms with Gasteiger partial charge in [-0.1, -0.05) is 0 Å². The molecule has 0 fully saturated rings. The van der Waals surface area contributed by atoms with E-state index in [9.17, 15) is 4.79 Å². The summed E-state index contributed by atoms with van der Waals surface area (Å²) in [6, 6.07) is 9.43. The Morgan fingerprint density at radius 2 is 2.17 bits per heavy atom. The molecule has 2 heterocycles. The van der Waals surface area contributed by atoms with Crippen molar-refractivity contribution in [1.82, 2.24) is 15.6 Å². The summed E-state index contributed by atoms with van der Waals surface area (Å²) in [5.41, 5.74) is 5.69. The zero-order chi connectivity index (χ0) is 16.9. The molecular formula is C17H16N4O2S. The van der Waals surface area contributed by atoms with Crippen LogP contribution >= 0.6 is 11.3 Å². The highest BCUT2D eigenvalue weighted by Crippen LogP contribution is 2.22. The average Bonchev–Trinajstić information content (AvgIpc) is 3.24. The first-order valence-corrected chi connectivity index (χ1v) is 8.11. The van der Waals surface area contributed by atoms with Crippen LogP contribution in [-0.2, 0) is 0 Å². The van der Waals surface area contributed by atoms with E-state index in [0.29, 0.717) is 5.56 Å². The summed E-state index contributed by atoms with van der Waals surface area (Å²) in [5, 5.41) is 12.8. The Balaban J connectivity index is 1.71. The summed E-state index contributed by atoms with van der Waals surface area (Å²) in [5.74, 6) is 0.553. The van der Waals surface area contributed by atoms with Gasteiger partial charge in [-0.25, -0.2) is 5.43 Å². The number of hydrogen-bond acceptors (Lipinski definition) is 5. The predicted octanol–water partition coefficient (Wildman–Crippen LogP) is 3.22. The van der Waals surface area contributed by atoms with Gasteiger partial charge in [0.25, 0.3) is 5.91 Å². The van der Waals surface area contributed by atoms with Crippen molar-refractivity contribution < 1.29 is 9.53 Å². The van der Waals surface area contributed by atoms with E-state index in [4.69, 9.17) is 4.74 Å². The molecule has 0 atom stereocenters. The Morgan fingerprint density at radius 3 is 2.83 bits per heavy atom. The van der Waals surface area contributed by atoms with Crippen LogP contribution in [0.3, 0.4) is 0 Å². The normalized spacial score (nSPS) is 10.9. The van der Waals surface area contributed by atoms with E-state index in [1.165, 1.54) is 11.3 Å². The molecule has 0 aliphatic carbocycles. The molecule has 0 aliphatic rings. The Kier molecular flexibility index (Phi) is 4.72. The summed E-state index contributed by atoms with van der Waals surface area (Å²) in [4.78, 5) is 13.0. The molecule has 0 bridgehead atoms. The standard InChI is InChI=1S/C17H16N4O2S/c1-11-7-13(10-24-11)17(22)21-19-9-14-8-18-20-16(14)12-3-5-15(23-2)6-4-12/h3-10H,1-2H3,(H,18,20)(H,21,22)/b19-9+. The van der Waals surface area contributed by atoms with E-state index in [0.717, 1.165) is 27.4 Å². The number of benzene rings is 1. The van der Waals surface area contributed by atoms with Crippen LogP contribution < -0.4 is 10.2 Å². The monoisotopic (exact) mass is 340 g/mol. The molecule has 7 heteroatoms. The third kappa shape index (κ3) is 3.52. The number of aromatic nitrogens is 2. The minimum atomic E-state index is -0.231. The number of ether oxygens (including phenoxy) is 1. The van der Waals surface area contributed by atoms with Gasteiger partial charge in [-0.2, -0.15) is 10.2 Å². The molecule has 6 nitrogen and oxygen atoms in total. The van der Waals surface area contributed by atoms with Gasteiger partial charge in [0.1, 0.15) is 5.75 Å². The molecule has 1 amide bonds. The zero-order valence-corrected chi connectivity index (χ0v) is 14.1. The number of amides is 1. The SMILES string of the molecule is COc1ccc(-c2[nH]ncc2/C=N/NC(=O)c2csc(C)c2)cc1. The summed E-state index contributed by atoms with van der Waals surface area (Å²) in [7, 11) is 1.63. The van der Waals surface area contributed by atoms with Gasteiger partial charge < -0.3 is 4.74 Å². The summed E-state index contributed by atoms with van der Waals surface area (Å²) < 4.78 is 5.15. The van der Waals surface area contributed by atoms with Gasteiger partial charge in [0, 0.05) is 21.4 Å². The fraction of sp³-hybridized carbons (Fsp3) is 0.118. The van der Waals surface area contributed by atoms with E-state index >= 15 is 0 Å². The minimum absolute atomic E-state index is 0.231. The molecule has 24 heavy (non-hydrogen) atoms. The second-order valence-corrected chi connectivity index (χ2v) is 6.19. The van der Waals surface area contributed by atoms with Crippen LogP contribution in [0, 0.1) is 6.92 Å². The van der Waals surface area contributed by atoms with Gasteiger partial charge in [0.15, 0.2) is 0 Å². The van der Waals surface area contributed by atoms with Gasteiger partial charge in [-0.15, -0.1) is 11.3 Å². The lowest BCUT2D eigenvalue weighted by molar-refractivity contribution is 0.0955. The average molecular weight is 340 g/mol. The van der Waals surface area contributed by atoms with Gasteiger partial charge in [-0.3, -0.25) is 9.89 Å². The second-order valence-electron chi connectivity index (χ2n) is 5.07. The van der Waals surface area contributed by atoms with Crippen LogP contribution in [-0.4, -0.2) is 29.4 Å². The van der Waals surface area contributed by atoms with Crippen molar-refractivity contribution in [3.8, 4) is 17.0 Å². The highest BCUT2D eigenvalue weighted by Gasteiger charge is 2.08. The number of aryl methyl sites for hydroxylation is 1. The maximum atomic E-state index is 12.0. The Morgan fingerprint density at radius 1 is 1.38 bits per heavy atom. The van der Waals surface area contributed by atoms with Gasteiger partial charge in [0.05, 0.1) is 30.8 Å². The Hall–Kier alpha value is -2.93. The molecule has 0 spiro atoms. The predicted molar refractivity (Wildman–Crippen MR) is 94.7 cm³/mol. The second kappa shape index (κ2) is 7.10. The molecule has 0 radical (unpaired) electrons. The van der Waals surface area contributed by atoms with Crippen molar-refractivity contribution in [1.29, 1.82) is 0 Å². The molecule has 0 aliphatic heterocycles. The molecule has 122 valence electrons. The Bertz CT molecular complexity index is 865. The van der Waals surface area contributed by atoms with E-state index < -0.39 is 0 Å². The van der Waals surface area contributed by atoms with Crippen molar-refractivity contribution in [2.24, 2.45) is 5.10 Å². The topological polar surface area (TPSA) is 79.4 Å². The zero-order valence-electron chi connectivity index (χ0n) is 13.2. The van der Waals surface area contributed by atoms with Crippen molar-refractivity contribution in [2.45, 2.75) is 6.92 Å². The van der Waals surface area contributed by atoms with E-state index in [2.05, 4.69) is 20.7 Å². The quantitative estimate of drug-likeness (QED) is 0.553. The molecule has 2 aromatic heterocycles. The molecule has 0 saturated carbocycles. The van der Waals surface area contributed by atoms with Crippen LogP contribution in [0.5, 0.6) is 5.75 Å². The summed E-state index contributed by atoms with van der Waals surface area (Å²) in [6.45, 7) is 1.96. The number of rotatable bonds is 5. The van der Waals surface area contributed by atoms with E-state index in [1.54, 1.807) is 24.9 Å². The number of nitrogens with one attached hydrogen (secondary N) is 2. The maximum absolute atomic E-state index is 12.0. The number of H-pyrrole nitrogens is 1. The van der Waals surface area contributed by atoms with Crippen LogP contribution in [0.4, 0.5) is 0 Å². The number of nitrogens with zero attached hydrogens (tertiary/aromatic N) is 2. The highest BCUT2D eigenvalue weighted by molar-refractivity contribution is 7.10. The number of hydrazone groups is 1. The van der Waals surface area contributed by atoms with Crippen molar-refractivity contribution >= 4 is 23.5 Å². The van der Waals surface area contributed by atoms with Gasteiger partial charge in [0.2, 0.25) is 0 Å². The lowest BCUT2D eigenvalue weighted by Crippen LogP contribution is -2.16. The van der Waals surface area contributed by atoms with Gasteiger partial charge in [-0.05, 0) is 37.3 Å². The first-order chi connectivity index (χ1) is 11.7. The van der Waals surface area contributed by atoms with Crippen LogP contribution in [0.1, 0.15) is 20.8 Å². The molecule has 3 aromatic rings. The highest BCUT2D eigenvalue weighted by atomic mass is 32.1. The maximum Gasteiger partial charge on any atom is 0.272 e. The Labute approximate surface area is 143 Å². The molecule has 0 unspecified atom stereocenters. The number of carbonyl (C=O) groups is 1. The minimum Gasteiger partial charge on any atom is -0.497 e. The molecular weight excluding hydrogens is 324 g/mol. The van der Waals surface area contributed by atoms with Crippen molar-refractivity contribution in [3.63, 3.8) is 0 Å². The summed E-state index contributed by atoms with van der Waals surface area (Å²) >= 11 is 1.53. The van der Waals surface area contributed by atoms with Gasteiger partial charge >= 0.3 is 0 Å². The van der Waals surface area contributed by atoms with E-state index in [-0.39, 0.29) is 5.91 Å². The third-order valence-electron chi connectivity index (χ3n) is 3.41. The molecule has 0 saturated heterocycles. The number of hydrogen-bond donors (Lipinski definition) is 2. The van der Waals surface area contributed by atoms with Crippen LogP contribution in [0.2, 0.25) is 0 Å². The molecule has 1 aromatic carbocycles. The third-order valence-corrected chi connectivity index (χ3v) is 4.27. The van der Waals surface area contributed by atoms with Crippen LogP contribution in [0.25, 0.3) is 11.3 Å². The number of aromatic amines is 1. The first-order valence-electron chi connectivity index (χ1n) is 7.23. The van der Waals surface area contributed by atoms with Crippen molar-refractivity contribution in [3.05, 3.63) is 57.9 Å². The van der Waals surface area contributed by atoms with E-state index in [1.807, 2.05) is 37.3 Å². The lowest BCUT2D eigenvalue weighted by Gasteiger charge is -2.02.